The highest BCUT2D eigenvalue weighted by atomic mass is 16.5. The van der Waals surface area contributed by atoms with Crippen LogP contribution < -0.4 is 19.1 Å². The molecular formula is C30H32N2O6. The molecule has 1 atom stereocenters. The molecule has 8 nitrogen and oxygen atoms in total. The number of anilines is 1. The molecule has 0 aliphatic carbocycles. The molecule has 3 aromatic carbocycles. The van der Waals surface area contributed by atoms with Crippen LogP contribution in [0.5, 0.6) is 17.2 Å². The van der Waals surface area contributed by atoms with Gasteiger partial charge in [0.15, 0.2) is 0 Å². The maximum absolute atomic E-state index is 13.5. The number of carbonyl (C=O) groups is 2. The standard InChI is InChI=1S/C30H32N2O6/c1-6-38-22-10-7-9-19(17-22)18-32-27(20-13-15-21(16-14-20)31(2)3)26(29(34)30(32)35)28(33)25-23(36-4)11-8-12-24(25)37-5/h7-17,27,33H,6,18H2,1-5H3/b28-26+. The van der Waals surface area contributed by atoms with Gasteiger partial charge in [-0.2, -0.15) is 0 Å². The van der Waals surface area contributed by atoms with Crippen molar-refractivity contribution >= 4 is 23.1 Å². The lowest BCUT2D eigenvalue weighted by Crippen LogP contribution is -2.29. The van der Waals surface area contributed by atoms with Gasteiger partial charge in [0, 0.05) is 26.3 Å². The van der Waals surface area contributed by atoms with Crippen molar-refractivity contribution in [2.24, 2.45) is 0 Å². The van der Waals surface area contributed by atoms with E-state index in [2.05, 4.69) is 0 Å². The summed E-state index contributed by atoms with van der Waals surface area (Å²) in [7, 11) is 6.79. The highest BCUT2D eigenvalue weighted by Gasteiger charge is 2.46. The first-order chi connectivity index (χ1) is 18.3. The molecule has 1 heterocycles. The first kappa shape index (κ1) is 26.6. The number of hydrogen-bond donors (Lipinski definition) is 1. The minimum Gasteiger partial charge on any atom is -0.506 e. The van der Waals surface area contributed by atoms with E-state index in [1.54, 1.807) is 18.2 Å². The number of carbonyl (C=O) groups excluding carboxylic acids is 2. The van der Waals surface area contributed by atoms with Gasteiger partial charge in [0.05, 0.1) is 32.4 Å². The van der Waals surface area contributed by atoms with Gasteiger partial charge in [0.1, 0.15) is 28.6 Å². The maximum Gasteiger partial charge on any atom is 0.295 e. The minimum atomic E-state index is -0.836. The highest BCUT2D eigenvalue weighted by molar-refractivity contribution is 6.46. The maximum atomic E-state index is 13.5. The lowest BCUT2D eigenvalue weighted by molar-refractivity contribution is -0.140. The Morgan fingerprint density at radius 2 is 1.58 bits per heavy atom. The lowest BCUT2D eigenvalue weighted by Gasteiger charge is -2.26. The van der Waals surface area contributed by atoms with Gasteiger partial charge in [-0.1, -0.05) is 30.3 Å². The fraction of sp³-hybridized carbons (Fsp3) is 0.267. The minimum absolute atomic E-state index is 0.0311. The van der Waals surface area contributed by atoms with Crippen molar-refractivity contribution in [2.75, 3.05) is 39.8 Å². The zero-order valence-corrected chi connectivity index (χ0v) is 22.2. The van der Waals surface area contributed by atoms with E-state index in [0.717, 1.165) is 11.3 Å². The van der Waals surface area contributed by atoms with Gasteiger partial charge < -0.3 is 29.1 Å². The fourth-order valence-corrected chi connectivity index (χ4v) is 4.66. The van der Waals surface area contributed by atoms with Crippen LogP contribution in [0.1, 0.15) is 29.7 Å². The molecule has 1 saturated heterocycles. The highest BCUT2D eigenvalue weighted by Crippen LogP contribution is 2.44. The first-order valence-electron chi connectivity index (χ1n) is 12.3. The molecule has 4 rings (SSSR count). The van der Waals surface area contributed by atoms with Gasteiger partial charge >= 0.3 is 0 Å². The topological polar surface area (TPSA) is 88.5 Å². The van der Waals surface area contributed by atoms with Gasteiger partial charge in [-0.25, -0.2) is 0 Å². The van der Waals surface area contributed by atoms with E-state index in [0.29, 0.717) is 29.4 Å². The first-order valence-corrected chi connectivity index (χ1v) is 12.3. The predicted molar refractivity (Wildman–Crippen MR) is 146 cm³/mol. The van der Waals surface area contributed by atoms with Crippen molar-refractivity contribution in [3.05, 3.63) is 89.0 Å². The lowest BCUT2D eigenvalue weighted by atomic mass is 9.94. The Hall–Kier alpha value is -4.46. The molecule has 1 N–H and O–H groups in total. The van der Waals surface area contributed by atoms with Crippen molar-refractivity contribution in [3.8, 4) is 17.2 Å². The fourth-order valence-electron chi connectivity index (χ4n) is 4.66. The summed E-state index contributed by atoms with van der Waals surface area (Å²) in [5, 5.41) is 11.6. The Morgan fingerprint density at radius 3 is 2.16 bits per heavy atom. The molecule has 0 radical (unpaired) electrons. The molecular weight excluding hydrogens is 484 g/mol. The van der Waals surface area contributed by atoms with E-state index in [9.17, 15) is 14.7 Å². The van der Waals surface area contributed by atoms with E-state index in [1.807, 2.05) is 74.4 Å². The van der Waals surface area contributed by atoms with Crippen LogP contribution in [0.15, 0.2) is 72.3 Å². The average Bonchev–Trinajstić information content (AvgIpc) is 3.17. The normalized spacial score (nSPS) is 16.4. The molecule has 1 amide bonds. The number of ketones is 1. The number of nitrogens with zero attached hydrogens (tertiary/aromatic N) is 2. The van der Waals surface area contributed by atoms with Crippen molar-refractivity contribution in [2.45, 2.75) is 19.5 Å². The quantitative estimate of drug-likeness (QED) is 0.249. The Labute approximate surface area is 222 Å². The summed E-state index contributed by atoms with van der Waals surface area (Å²) in [5.41, 5.74) is 2.62. The molecule has 3 aromatic rings. The Morgan fingerprint density at radius 1 is 0.947 bits per heavy atom. The predicted octanol–water partition coefficient (Wildman–Crippen LogP) is 4.79. The summed E-state index contributed by atoms with van der Waals surface area (Å²) in [6.45, 7) is 2.55. The molecule has 1 fully saturated rings. The summed E-state index contributed by atoms with van der Waals surface area (Å²) in [5.74, 6) is -0.530. The van der Waals surface area contributed by atoms with Crippen LogP contribution in [0.2, 0.25) is 0 Å². The van der Waals surface area contributed by atoms with Crippen LogP contribution in [0.4, 0.5) is 5.69 Å². The van der Waals surface area contributed by atoms with Crippen molar-refractivity contribution in [1.29, 1.82) is 0 Å². The van der Waals surface area contributed by atoms with E-state index < -0.39 is 17.7 Å². The molecule has 1 unspecified atom stereocenters. The second-order valence-electron chi connectivity index (χ2n) is 9.03. The third kappa shape index (κ3) is 5.02. The second-order valence-corrected chi connectivity index (χ2v) is 9.03. The number of methoxy groups -OCH3 is 2. The van der Waals surface area contributed by atoms with Crippen LogP contribution in [-0.4, -0.2) is 56.6 Å². The summed E-state index contributed by atoms with van der Waals surface area (Å²) in [4.78, 5) is 30.4. The number of hydrogen-bond acceptors (Lipinski definition) is 7. The van der Waals surface area contributed by atoms with Crippen molar-refractivity contribution in [1.82, 2.24) is 4.90 Å². The molecule has 198 valence electrons. The van der Waals surface area contributed by atoms with Crippen molar-refractivity contribution in [3.63, 3.8) is 0 Å². The molecule has 0 saturated carbocycles. The Bertz CT molecular complexity index is 1340. The molecule has 1 aliphatic heterocycles. The van der Waals surface area contributed by atoms with Gasteiger partial charge in [-0.05, 0) is 54.4 Å². The van der Waals surface area contributed by atoms with Crippen LogP contribution >= 0.6 is 0 Å². The van der Waals surface area contributed by atoms with Gasteiger partial charge in [0.2, 0.25) is 0 Å². The number of likely N-dealkylation sites (tertiary alicyclic amines) is 1. The number of amides is 1. The van der Waals surface area contributed by atoms with Crippen LogP contribution in [0.25, 0.3) is 5.76 Å². The van der Waals surface area contributed by atoms with Crippen LogP contribution in [-0.2, 0) is 16.1 Å². The summed E-state index contributed by atoms with van der Waals surface area (Å²) >= 11 is 0. The van der Waals surface area contributed by atoms with E-state index in [1.165, 1.54) is 19.1 Å². The third-order valence-electron chi connectivity index (χ3n) is 6.49. The second kappa shape index (κ2) is 11.3. The molecule has 0 bridgehead atoms. The molecule has 1 aliphatic rings. The SMILES string of the molecule is CCOc1cccc(CN2C(=O)C(=O)/C(=C(/O)c3c(OC)cccc3OC)C2c2ccc(N(C)C)cc2)c1. The van der Waals surface area contributed by atoms with E-state index in [-0.39, 0.29) is 23.4 Å². The number of aliphatic hydroxyl groups is 1. The molecule has 0 aromatic heterocycles. The van der Waals surface area contributed by atoms with Gasteiger partial charge in [0.25, 0.3) is 11.7 Å². The number of aliphatic hydroxyl groups excluding tert-OH is 1. The summed E-state index contributed by atoms with van der Waals surface area (Å²) in [6.07, 6.45) is 0. The molecule has 0 spiro atoms. The van der Waals surface area contributed by atoms with E-state index in [4.69, 9.17) is 14.2 Å². The molecule has 38 heavy (non-hydrogen) atoms. The monoisotopic (exact) mass is 516 g/mol. The summed E-state index contributed by atoms with van der Waals surface area (Å²) in [6, 6.07) is 19.2. The van der Waals surface area contributed by atoms with Crippen LogP contribution in [0.3, 0.4) is 0 Å². The van der Waals surface area contributed by atoms with Gasteiger partial charge in [-0.15, -0.1) is 0 Å². The third-order valence-corrected chi connectivity index (χ3v) is 6.49. The smallest absolute Gasteiger partial charge is 0.295 e. The number of rotatable bonds is 9. The van der Waals surface area contributed by atoms with E-state index >= 15 is 0 Å². The zero-order valence-electron chi connectivity index (χ0n) is 22.2. The number of ether oxygens (including phenoxy) is 3. The number of benzene rings is 3. The largest absolute Gasteiger partial charge is 0.506 e. The number of Topliss-reactive ketones (excluding diaryl/α,β-unsaturated/α-hetero) is 1. The van der Waals surface area contributed by atoms with Crippen molar-refractivity contribution < 1.29 is 28.9 Å². The Balaban J connectivity index is 1.90. The van der Waals surface area contributed by atoms with Gasteiger partial charge in [-0.3, -0.25) is 9.59 Å². The summed E-state index contributed by atoms with van der Waals surface area (Å²) < 4.78 is 16.6. The average molecular weight is 517 g/mol. The van der Waals surface area contributed by atoms with Crippen LogP contribution in [0, 0.1) is 0 Å². The zero-order chi connectivity index (χ0) is 27.4. The Kier molecular flexibility index (Phi) is 7.90. The molecule has 8 heteroatoms.